The van der Waals surface area contributed by atoms with Crippen molar-refractivity contribution in [2.75, 3.05) is 6.61 Å². The first-order valence-corrected chi connectivity index (χ1v) is 8.20. The highest BCUT2D eigenvalue weighted by Gasteiger charge is 2.13. The fourth-order valence-corrected chi connectivity index (χ4v) is 3.24. The Bertz CT molecular complexity index is 362. The van der Waals surface area contributed by atoms with Crippen LogP contribution in [0.15, 0.2) is 15.9 Å². The Kier molecular flexibility index (Phi) is 7.79. The number of hydrogen-bond acceptors (Lipinski definition) is 3. The summed E-state index contributed by atoms with van der Waals surface area (Å²) < 4.78 is 6.47. The molecule has 4 heteroatoms. The van der Waals surface area contributed by atoms with E-state index in [4.69, 9.17) is 4.74 Å². The SMILES string of the molecule is CCCCCCC(C)OCC(=O)c1sccc1Br. The number of ketones is 1. The van der Waals surface area contributed by atoms with Gasteiger partial charge in [-0.1, -0.05) is 32.6 Å². The van der Waals surface area contributed by atoms with Crippen molar-refractivity contribution in [3.05, 3.63) is 20.8 Å². The second-order valence-corrected chi connectivity index (χ2v) is 6.26. The molecule has 0 aliphatic rings. The lowest BCUT2D eigenvalue weighted by Crippen LogP contribution is -2.15. The van der Waals surface area contributed by atoms with Crippen LogP contribution in [0.3, 0.4) is 0 Å². The highest BCUT2D eigenvalue weighted by Crippen LogP contribution is 2.23. The highest BCUT2D eigenvalue weighted by molar-refractivity contribution is 9.10. The maximum Gasteiger partial charge on any atom is 0.199 e. The van der Waals surface area contributed by atoms with Gasteiger partial charge in [0.05, 0.1) is 11.0 Å². The second-order valence-electron chi connectivity index (χ2n) is 4.49. The molecular formula is C14H21BrO2S. The number of Topliss-reactive ketones (excluding diaryl/α,β-unsaturated/α-hetero) is 1. The van der Waals surface area contributed by atoms with Gasteiger partial charge in [0.2, 0.25) is 0 Å². The molecular weight excluding hydrogens is 312 g/mol. The van der Waals surface area contributed by atoms with Gasteiger partial charge < -0.3 is 4.74 Å². The van der Waals surface area contributed by atoms with Gasteiger partial charge >= 0.3 is 0 Å². The number of carbonyl (C=O) groups excluding carboxylic acids is 1. The molecule has 2 nitrogen and oxygen atoms in total. The van der Waals surface area contributed by atoms with Gasteiger partial charge in [-0.3, -0.25) is 4.79 Å². The summed E-state index contributed by atoms with van der Waals surface area (Å²) in [5.74, 6) is 0.0669. The minimum absolute atomic E-state index is 0.0669. The Morgan fingerprint density at radius 1 is 1.44 bits per heavy atom. The van der Waals surface area contributed by atoms with Crippen LogP contribution in [0.5, 0.6) is 0 Å². The smallest absolute Gasteiger partial charge is 0.199 e. The Balaban J connectivity index is 2.20. The third-order valence-electron chi connectivity index (χ3n) is 2.83. The molecule has 0 bridgehead atoms. The average Bonchev–Trinajstić information content (AvgIpc) is 2.78. The zero-order valence-electron chi connectivity index (χ0n) is 11.1. The van der Waals surface area contributed by atoms with Gasteiger partial charge in [-0.15, -0.1) is 11.3 Å². The number of rotatable bonds is 9. The topological polar surface area (TPSA) is 26.3 Å². The molecule has 1 heterocycles. The molecule has 1 aromatic heterocycles. The maximum absolute atomic E-state index is 11.9. The molecule has 0 radical (unpaired) electrons. The predicted molar refractivity (Wildman–Crippen MR) is 80.5 cm³/mol. The molecule has 0 aliphatic heterocycles. The molecule has 0 aromatic carbocycles. The molecule has 102 valence electrons. The lowest BCUT2D eigenvalue weighted by molar-refractivity contribution is 0.0485. The largest absolute Gasteiger partial charge is 0.370 e. The summed E-state index contributed by atoms with van der Waals surface area (Å²) in [4.78, 5) is 12.6. The van der Waals surface area contributed by atoms with Crippen molar-refractivity contribution in [3.8, 4) is 0 Å². The van der Waals surface area contributed by atoms with E-state index in [-0.39, 0.29) is 18.5 Å². The quantitative estimate of drug-likeness (QED) is 0.466. The van der Waals surface area contributed by atoms with E-state index < -0.39 is 0 Å². The fraction of sp³-hybridized carbons (Fsp3) is 0.643. The number of thiophene rings is 1. The molecule has 1 aromatic rings. The molecule has 1 unspecified atom stereocenters. The number of halogens is 1. The Hall–Kier alpha value is -0.190. The number of carbonyl (C=O) groups is 1. The molecule has 0 spiro atoms. The standard InChI is InChI=1S/C14H21BrO2S/c1-3-4-5-6-7-11(2)17-10-13(16)14-12(15)8-9-18-14/h8-9,11H,3-7,10H2,1-2H3. The summed E-state index contributed by atoms with van der Waals surface area (Å²) in [5, 5.41) is 1.91. The molecule has 0 fully saturated rings. The van der Waals surface area contributed by atoms with Gasteiger partial charge in [0, 0.05) is 4.47 Å². The first-order valence-electron chi connectivity index (χ1n) is 6.53. The Labute approximate surface area is 122 Å². The van der Waals surface area contributed by atoms with Crippen LogP contribution in [0.4, 0.5) is 0 Å². The van der Waals surface area contributed by atoms with E-state index in [9.17, 15) is 4.79 Å². The van der Waals surface area contributed by atoms with Gasteiger partial charge in [0.1, 0.15) is 6.61 Å². The van der Waals surface area contributed by atoms with Crippen LogP contribution in [-0.4, -0.2) is 18.5 Å². The molecule has 0 amide bonds. The van der Waals surface area contributed by atoms with E-state index in [2.05, 4.69) is 22.9 Å². The van der Waals surface area contributed by atoms with E-state index in [0.717, 1.165) is 15.8 Å². The zero-order chi connectivity index (χ0) is 13.4. The van der Waals surface area contributed by atoms with Crippen LogP contribution < -0.4 is 0 Å². The normalized spacial score (nSPS) is 12.6. The van der Waals surface area contributed by atoms with Gasteiger partial charge in [-0.2, -0.15) is 0 Å². The minimum atomic E-state index is 0.0669. The van der Waals surface area contributed by atoms with Crippen LogP contribution in [-0.2, 0) is 4.74 Å². The molecule has 0 saturated heterocycles. The van der Waals surface area contributed by atoms with Crippen molar-refractivity contribution >= 4 is 33.0 Å². The fourth-order valence-electron chi connectivity index (χ4n) is 1.72. The van der Waals surface area contributed by atoms with Gasteiger partial charge in [0.25, 0.3) is 0 Å². The molecule has 0 N–H and O–H groups in total. The van der Waals surface area contributed by atoms with Crippen molar-refractivity contribution in [1.29, 1.82) is 0 Å². The molecule has 1 atom stereocenters. The maximum atomic E-state index is 11.9. The predicted octanol–water partition coefficient (Wildman–Crippen LogP) is 5.07. The Morgan fingerprint density at radius 2 is 2.22 bits per heavy atom. The van der Waals surface area contributed by atoms with Crippen molar-refractivity contribution in [2.45, 2.75) is 52.1 Å². The van der Waals surface area contributed by atoms with E-state index >= 15 is 0 Å². The van der Waals surface area contributed by atoms with Crippen molar-refractivity contribution in [3.63, 3.8) is 0 Å². The molecule has 1 rings (SSSR count). The summed E-state index contributed by atoms with van der Waals surface area (Å²) in [6, 6.07) is 1.89. The summed E-state index contributed by atoms with van der Waals surface area (Å²) >= 11 is 4.82. The first kappa shape index (κ1) is 15.9. The third kappa shape index (κ3) is 5.63. The van der Waals surface area contributed by atoms with Gasteiger partial charge in [-0.05, 0) is 40.7 Å². The lowest BCUT2D eigenvalue weighted by atomic mass is 10.1. The number of ether oxygens (including phenoxy) is 1. The van der Waals surface area contributed by atoms with Crippen molar-refractivity contribution in [2.24, 2.45) is 0 Å². The van der Waals surface area contributed by atoms with E-state index in [1.807, 2.05) is 18.4 Å². The van der Waals surface area contributed by atoms with Crippen LogP contribution in [0, 0.1) is 0 Å². The van der Waals surface area contributed by atoms with Crippen molar-refractivity contribution < 1.29 is 9.53 Å². The van der Waals surface area contributed by atoms with Crippen molar-refractivity contribution in [1.82, 2.24) is 0 Å². The lowest BCUT2D eigenvalue weighted by Gasteiger charge is -2.11. The molecule has 18 heavy (non-hydrogen) atoms. The summed E-state index contributed by atoms with van der Waals surface area (Å²) in [7, 11) is 0. The van der Waals surface area contributed by atoms with E-state index in [0.29, 0.717) is 0 Å². The van der Waals surface area contributed by atoms with Crippen LogP contribution >= 0.6 is 27.3 Å². The van der Waals surface area contributed by atoms with Gasteiger partial charge in [0.15, 0.2) is 5.78 Å². The monoisotopic (exact) mass is 332 g/mol. The van der Waals surface area contributed by atoms with E-state index in [1.54, 1.807) is 0 Å². The van der Waals surface area contributed by atoms with E-state index in [1.165, 1.54) is 37.0 Å². The van der Waals surface area contributed by atoms with Gasteiger partial charge in [-0.25, -0.2) is 0 Å². The van der Waals surface area contributed by atoms with Crippen LogP contribution in [0.2, 0.25) is 0 Å². The minimum Gasteiger partial charge on any atom is -0.370 e. The number of hydrogen-bond donors (Lipinski definition) is 0. The Morgan fingerprint density at radius 3 is 2.83 bits per heavy atom. The first-order chi connectivity index (χ1) is 8.65. The average molecular weight is 333 g/mol. The van der Waals surface area contributed by atoms with Crippen LogP contribution in [0.25, 0.3) is 0 Å². The molecule has 0 saturated carbocycles. The third-order valence-corrected chi connectivity index (χ3v) is 4.71. The van der Waals surface area contributed by atoms with Crippen LogP contribution in [0.1, 0.15) is 55.6 Å². The zero-order valence-corrected chi connectivity index (χ0v) is 13.5. The summed E-state index contributed by atoms with van der Waals surface area (Å²) in [5.41, 5.74) is 0. The second kappa shape index (κ2) is 8.83. The summed E-state index contributed by atoms with van der Waals surface area (Å²) in [6.45, 7) is 4.44. The summed E-state index contributed by atoms with van der Waals surface area (Å²) in [6.07, 6.45) is 6.19. The number of unbranched alkanes of at least 4 members (excludes halogenated alkanes) is 3. The molecule has 0 aliphatic carbocycles. The highest BCUT2D eigenvalue weighted by atomic mass is 79.9.